The Kier molecular flexibility index (Phi) is 5.23. The van der Waals surface area contributed by atoms with Crippen molar-refractivity contribution in [2.45, 2.75) is 26.2 Å². The molecule has 6 heteroatoms. The fourth-order valence-electron chi connectivity index (χ4n) is 2.43. The molecule has 0 radical (unpaired) electrons. The Morgan fingerprint density at radius 3 is 2.45 bits per heavy atom. The lowest BCUT2D eigenvalue weighted by atomic mass is 10.1. The van der Waals surface area contributed by atoms with Crippen molar-refractivity contribution in [3.05, 3.63) is 0 Å². The number of urea groups is 1. The number of hydrogen-bond donors (Lipinski definition) is 2. The third kappa shape index (κ3) is 4.67. The van der Waals surface area contributed by atoms with Crippen molar-refractivity contribution in [3.8, 4) is 0 Å². The third-order valence-electron chi connectivity index (χ3n) is 4.15. The molecule has 1 unspecified atom stereocenters. The SMILES string of the molecule is CC(CCNC(=O)N1CCN(CC2CC2)CC1)C(=O)O. The van der Waals surface area contributed by atoms with Gasteiger partial charge in [0.1, 0.15) is 0 Å². The van der Waals surface area contributed by atoms with Crippen LogP contribution in [0.15, 0.2) is 0 Å². The van der Waals surface area contributed by atoms with Crippen LogP contribution >= 0.6 is 0 Å². The minimum Gasteiger partial charge on any atom is -0.481 e. The Hall–Kier alpha value is -1.30. The molecular formula is C14H25N3O3. The average Bonchev–Trinajstić information content (AvgIpc) is 3.23. The van der Waals surface area contributed by atoms with Crippen LogP contribution in [0.4, 0.5) is 4.79 Å². The highest BCUT2D eigenvalue weighted by Crippen LogP contribution is 2.29. The van der Waals surface area contributed by atoms with Gasteiger partial charge in [-0.1, -0.05) is 6.92 Å². The van der Waals surface area contributed by atoms with Crippen LogP contribution in [0.25, 0.3) is 0 Å². The van der Waals surface area contributed by atoms with Gasteiger partial charge < -0.3 is 15.3 Å². The molecule has 6 nitrogen and oxygen atoms in total. The molecule has 1 atom stereocenters. The fourth-order valence-corrected chi connectivity index (χ4v) is 2.43. The summed E-state index contributed by atoms with van der Waals surface area (Å²) in [6.07, 6.45) is 3.20. The molecule has 0 spiro atoms. The molecule has 2 fully saturated rings. The van der Waals surface area contributed by atoms with Crippen LogP contribution in [0.3, 0.4) is 0 Å². The maximum Gasteiger partial charge on any atom is 0.317 e. The van der Waals surface area contributed by atoms with Crippen LogP contribution in [-0.2, 0) is 4.79 Å². The molecule has 0 aromatic carbocycles. The van der Waals surface area contributed by atoms with Gasteiger partial charge in [0.2, 0.25) is 0 Å². The van der Waals surface area contributed by atoms with Crippen molar-refractivity contribution in [1.29, 1.82) is 0 Å². The van der Waals surface area contributed by atoms with Gasteiger partial charge in [-0.25, -0.2) is 4.79 Å². The first kappa shape index (κ1) is 15.1. The second-order valence-corrected chi connectivity index (χ2v) is 5.99. The van der Waals surface area contributed by atoms with Crippen molar-refractivity contribution < 1.29 is 14.7 Å². The van der Waals surface area contributed by atoms with E-state index in [-0.39, 0.29) is 6.03 Å². The summed E-state index contributed by atoms with van der Waals surface area (Å²) in [7, 11) is 0. The maximum atomic E-state index is 11.9. The molecule has 1 aliphatic carbocycles. The summed E-state index contributed by atoms with van der Waals surface area (Å²) < 4.78 is 0. The first-order valence-corrected chi connectivity index (χ1v) is 7.54. The van der Waals surface area contributed by atoms with Gasteiger partial charge >= 0.3 is 12.0 Å². The third-order valence-corrected chi connectivity index (χ3v) is 4.15. The van der Waals surface area contributed by atoms with Gasteiger partial charge in [-0.2, -0.15) is 0 Å². The quantitative estimate of drug-likeness (QED) is 0.757. The molecule has 0 bridgehead atoms. The molecule has 2 rings (SSSR count). The van der Waals surface area contributed by atoms with E-state index in [0.29, 0.717) is 13.0 Å². The van der Waals surface area contributed by atoms with Crippen molar-refractivity contribution in [3.63, 3.8) is 0 Å². The summed E-state index contributed by atoms with van der Waals surface area (Å²) in [5.41, 5.74) is 0. The number of amides is 2. The van der Waals surface area contributed by atoms with Crippen molar-refractivity contribution in [1.82, 2.24) is 15.1 Å². The minimum absolute atomic E-state index is 0.0614. The predicted molar refractivity (Wildman–Crippen MR) is 75.6 cm³/mol. The standard InChI is InChI=1S/C14H25N3O3/c1-11(13(18)19)4-5-15-14(20)17-8-6-16(7-9-17)10-12-2-3-12/h11-12H,2-10H2,1H3,(H,15,20)(H,18,19). The summed E-state index contributed by atoms with van der Waals surface area (Å²) >= 11 is 0. The van der Waals surface area contributed by atoms with Gasteiger partial charge in [-0.05, 0) is 25.2 Å². The lowest BCUT2D eigenvalue weighted by Gasteiger charge is -2.34. The molecule has 114 valence electrons. The molecule has 2 aliphatic rings. The smallest absolute Gasteiger partial charge is 0.317 e. The van der Waals surface area contributed by atoms with Gasteiger partial charge in [0.15, 0.2) is 0 Å². The zero-order valence-electron chi connectivity index (χ0n) is 12.2. The Balaban J connectivity index is 1.60. The number of carbonyl (C=O) groups is 2. The molecule has 1 heterocycles. The first-order valence-electron chi connectivity index (χ1n) is 7.54. The Bertz CT molecular complexity index is 350. The van der Waals surface area contributed by atoms with Crippen molar-refractivity contribution >= 4 is 12.0 Å². The number of carboxylic acid groups (broad SMARTS) is 1. The van der Waals surface area contributed by atoms with Gasteiger partial charge in [-0.3, -0.25) is 9.69 Å². The minimum atomic E-state index is -0.812. The van der Waals surface area contributed by atoms with Gasteiger partial charge in [-0.15, -0.1) is 0 Å². The lowest BCUT2D eigenvalue weighted by Crippen LogP contribution is -2.52. The Morgan fingerprint density at radius 1 is 1.25 bits per heavy atom. The molecule has 1 saturated heterocycles. The summed E-state index contributed by atoms with van der Waals surface area (Å²) in [4.78, 5) is 26.9. The van der Waals surface area contributed by atoms with Crippen molar-refractivity contribution in [2.75, 3.05) is 39.3 Å². The average molecular weight is 283 g/mol. The molecule has 0 aromatic heterocycles. The summed E-state index contributed by atoms with van der Waals surface area (Å²) in [5.74, 6) is -0.327. The Morgan fingerprint density at radius 2 is 1.90 bits per heavy atom. The van der Waals surface area contributed by atoms with E-state index in [0.717, 1.165) is 32.1 Å². The predicted octanol–water partition coefficient (Wildman–Crippen LogP) is 0.834. The molecule has 1 aliphatic heterocycles. The van der Waals surface area contributed by atoms with Crippen LogP contribution in [-0.4, -0.2) is 66.2 Å². The summed E-state index contributed by atoms with van der Waals surface area (Å²) in [6, 6.07) is -0.0614. The molecule has 20 heavy (non-hydrogen) atoms. The lowest BCUT2D eigenvalue weighted by molar-refractivity contribution is -0.141. The number of carbonyl (C=O) groups excluding carboxylic acids is 1. The van der Waals surface area contributed by atoms with Crippen LogP contribution in [0, 0.1) is 11.8 Å². The number of piperazine rings is 1. The molecule has 0 aromatic rings. The van der Waals surface area contributed by atoms with Crippen LogP contribution in [0.5, 0.6) is 0 Å². The molecule has 1 saturated carbocycles. The number of nitrogens with one attached hydrogen (secondary N) is 1. The van der Waals surface area contributed by atoms with Crippen LogP contribution in [0.2, 0.25) is 0 Å². The highest BCUT2D eigenvalue weighted by Gasteiger charge is 2.27. The normalized spacial score (nSPS) is 21.6. The number of aliphatic carboxylic acids is 1. The monoisotopic (exact) mass is 283 g/mol. The second-order valence-electron chi connectivity index (χ2n) is 5.99. The van der Waals surface area contributed by atoms with Gasteiger partial charge in [0, 0.05) is 39.3 Å². The van der Waals surface area contributed by atoms with E-state index in [2.05, 4.69) is 10.2 Å². The van der Waals surface area contributed by atoms with E-state index in [9.17, 15) is 9.59 Å². The van der Waals surface area contributed by atoms with E-state index >= 15 is 0 Å². The van der Waals surface area contributed by atoms with E-state index < -0.39 is 11.9 Å². The van der Waals surface area contributed by atoms with Crippen LogP contribution < -0.4 is 5.32 Å². The van der Waals surface area contributed by atoms with E-state index in [1.165, 1.54) is 19.4 Å². The van der Waals surface area contributed by atoms with Gasteiger partial charge in [0.05, 0.1) is 5.92 Å². The number of rotatable bonds is 6. The number of hydrogen-bond acceptors (Lipinski definition) is 3. The number of nitrogens with zero attached hydrogens (tertiary/aromatic N) is 2. The highest BCUT2D eigenvalue weighted by atomic mass is 16.4. The maximum absolute atomic E-state index is 11.9. The highest BCUT2D eigenvalue weighted by molar-refractivity contribution is 5.74. The fraction of sp³-hybridized carbons (Fsp3) is 0.857. The molecular weight excluding hydrogens is 258 g/mol. The van der Waals surface area contributed by atoms with Crippen LogP contribution in [0.1, 0.15) is 26.2 Å². The zero-order valence-corrected chi connectivity index (χ0v) is 12.2. The topological polar surface area (TPSA) is 72.9 Å². The van der Waals surface area contributed by atoms with Gasteiger partial charge in [0.25, 0.3) is 0 Å². The molecule has 2 amide bonds. The number of carboxylic acids is 1. The largest absolute Gasteiger partial charge is 0.481 e. The summed E-state index contributed by atoms with van der Waals surface area (Å²) in [6.45, 7) is 6.72. The second kappa shape index (κ2) is 6.92. The van der Waals surface area contributed by atoms with E-state index in [1.54, 1.807) is 6.92 Å². The molecule has 2 N–H and O–H groups in total. The van der Waals surface area contributed by atoms with E-state index in [4.69, 9.17) is 5.11 Å². The summed E-state index contributed by atoms with van der Waals surface area (Å²) in [5, 5.41) is 11.6. The zero-order chi connectivity index (χ0) is 14.5. The van der Waals surface area contributed by atoms with E-state index in [1.807, 2.05) is 4.90 Å². The Labute approximate surface area is 120 Å². The van der Waals surface area contributed by atoms with Crippen molar-refractivity contribution in [2.24, 2.45) is 11.8 Å². The first-order chi connectivity index (χ1) is 9.56.